The third-order valence-corrected chi connectivity index (χ3v) is 1.98. The second-order valence-corrected chi connectivity index (χ2v) is 3.84. The van der Waals surface area contributed by atoms with E-state index in [0.29, 0.717) is 0 Å². The van der Waals surface area contributed by atoms with E-state index in [0.717, 1.165) is 4.90 Å². The maximum Gasteiger partial charge on any atom is 0.324 e. The van der Waals surface area contributed by atoms with E-state index in [9.17, 15) is 27.2 Å². The molecule has 5 nitrogen and oxygen atoms in total. The number of nitrogens with zero attached hydrogens (tertiary/aromatic N) is 1. The smallest absolute Gasteiger partial charge is 0.324 e. The molecule has 0 heterocycles. The van der Waals surface area contributed by atoms with Crippen LogP contribution < -0.4 is 5.32 Å². The molecule has 0 fully saturated rings. The van der Waals surface area contributed by atoms with Gasteiger partial charge in [0.05, 0.1) is 6.54 Å². The molecule has 0 rings (SSSR count). The van der Waals surface area contributed by atoms with Gasteiger partial charge in [0.1, 0.15) is 6.54 Å². The molecular weight excluding hydrogens is 260 g/mol. The number of carboxylic acids is 1. The summed E-state index contributed by atoms with van der Waals surface area (Å²) in [7, 11) is 0. The molecule has 0 aromatic heterocycles. The molecule has 0 aliphatic carbocycles. The molecule has 2 N–H and O–H groups in total. The summed E-state index contributed by atoms with van der Waals surface area (Å²) in [6, 6.07) is -1.70. The highest BCUT2D eigenvalue weighted by Crippen LogP contribution is 2.21. The van der Waals surface area contributed by atoms with Crippen molar-refractivity contribution in [2.75, 3.05) is 13.1 Å². The van der Waals surface area contributed by atoms with Crippen LogP contribution in [0.3, 0.4) is 0 Å². The molecule has 0 saturated heterocycles. The number of hydrogen-bond acceptors (Lipinski definition) is 2. The van der Waals surface area contributed by atoms with E-state index in [-0.39, 0.29) is 0 Å². The highest BCUT2D eigenvalue weighted by atomic mass is 19.3. The number of amides is 2. The number of nitrogens with one attached hydrogen (secondary N) is 1. The number of aliphatic carboxylic acids is 1. The number of hydrogen-bond donors (Lipinski definition) is 2. The number of urea groups is 1. The first-order valence-corrected chi connectivity index (χ1v) is 5.00. The number of carbonyl (C=O) groups excluding carboxylic acids is 1. The first kappa shape index (κ1) is 16.5. The fourth-order valence-corrected chi connectivity index (χ4v) is 1.01. The Morgan fingerprint density at radius 1 is 1.33 bits per heavy atom. The van der Waals surface area contributed by atoms with Crippen molar-refractivity contribution >= 4 is 12.0 Å². The standard InChI is InChI=1S/C9H14F4N2O3/c1-5(2)15(3-6(16)17)8(18)14-4-9(12,13)7(10)11/h5,7H,3-4H2,1-2H3,(H,14,18)(H,16,17). The van der Waals surface area contributed by atoms with Crippen LogP contribution in [-0.4, -0.2) is 53.5 Å². The molecule has 0 aliphatic rings. The average Bonchev–Trinajstić information content (AvgIpc) is 2.21. The summed E-state index contributed by atoms with van der Waals surface area (Å²) in [6.07, 6.45) is -3.90. The molecular formula is C9H14F4N2O3. The van der Waals surface area contributed by atoms with Crippen LogP contribution in [0.5, 0.6) is 0 Å². The lowest BCUT2D eigenvalue weighted by Crippen LogP contribution is -2.50. The van der Waals surface area contributed by atoms with Gasteiger partial charge in [0, 0.05) is 6.04 Å². The zero-order valence-electron chi connectivity index (χ0n) is 9.79. The van der Waals surface area contributed by atoms with Gasteiger partial charge in [0.15, 0.2) is 0 Å². The van der Waals surface area contributed by atoms with Crippen molar-refractivity contribution in [2.24, 2.45) is 0 Å². The van der Waals surface area contributed by atoms with Crippen LogP contribution in [-0.2, 0) is 4.79 Å². The minimum atomic E-state index is -4.35. The van der Waals surface area contributed by atoms with Gasteiger partial charge in [-0.25, -0.2) is 13.6 Å². The summed E-state index contributed by atoms with van der Waals surface area (Å²) in [6.45, 7) is 0.678. The monoisotopic (exact) mass is 274 g/mol. The van der Waals surface area contributed by atoms with Crippen LogP contribution >= 0.6 is 0 Å². The van der Waals surface area contributed by atoms with E-state index in [1.807, 2.05) is 0 Å². The minimum absolute atomic E-state index is 0.568. The molecule has 18 heavy (non-hydrogen) atoms. The van der Waals surface area contributed by atoms with Crippen molar-refractivity contribution < 1.29 is 32.3 Å². The van der Waals surface area contributed by atoms with Crippen molar-refractivity contribution in [1.82, 2.24) is 10.2 Å². The van der Waals surface area contributed by atoms with Crippen LogP contribution in [0.25, 0.3) is 0 Å². The second kappa shape index (κ2) is 6.41. The molecule has 0 radical (unpaired) electrons. The molecule has 0 spiro atoms. The highest BCUT2D eigenvalue weighted by molar-refractivity contribution is 5.80. The van der Waals surface area contributed by atoms with E-state index in [2.05, 4.69) is 0 Å². The third kappa shape index (κ3) is 5.19. The topological polar surface area (TPSA) is 69.6 Å². The molecule has 0 bridgehead atoms. The summed E-state index contributed by atoms with van der Waals surface area (Å²) in [4.78, 5) is 22.5. The van der Waals surface area contributed by atoms with Crippen molar-refractivity contribution in [3.8, 4) is 0 Å². The van der Waals surface area contributed by atoms with E-state index in [4.69, 9.17) is 5.11 Å². The molecule has 0 atom stereocenters. The fourth-order valence-electron chi connectivity index (χ4n) is 1.01. The Hall–Kier alpha value is -1.54. The van der Waals surface area contributed by atoms with Gasteiger partial charge in [0.2, 0.25) is 0 Å². The molecule has 0 aliphatic heterocycles. The lowest BCUT2D eigenvalue weighted by Gasteiger charge is -2.26. The first-order chi connectivity index (χ1) is 8.08. The first-order valence-electron chi connectivity index (χ1n) is 5.00. The number of alkyl halides is 4. The largest absolute Gasteiger partial charge is 0.480 e. The summed E-state index contributed by atoms with van der Waals surface area (Å²) in [5.41, 5.74) is 0. The Bertz CT molecular complexity index is 310. The van der Waals surface area contributed by atoms with Gasteiger partial charge in [-0.15, -0.1) is 0 Å². The Morgan fingerprint density at radius 2 is 1.83 bits per heavy atom. The van der Waals surface area contributed by atoms with Gasteiger partial charge in [0.25, 0.3) is 0 Å². The lowest BCUT2D eigenvalue weighted by atomic mass is 10.3. The molecule has 9 heteroatoms. The van der Waals surface area contributed by atoms with Crippen LogP contribution in [0.2, 0.25) is 0 Å². The van der Waals surface area contributed by atoms with E-state index in [1.54, 1.807) is 5.32 Å². The van der Waals surface area contributed by atoms with Crippen LogP contribution in [0, 0.1) is 0 Å². The van der Waals surface area contributed by atoms with E-state index >= 15 is 0 Å². The van der Waals surface area contributed by atoms with Gasteiger partial charge in [-0.2, -0.15) is 8.78 Å². The van der Waals surface area contributed by atoms with Gasteiger partial charge in [-0.1, -0.05) is 0 Å². The normalized spacial score (nSPS) is 11.8. The van der Waals surface area contributed by atoms with Gasteiger partial charge in [-0.05, 0) is 13.8 Å². The van der Waals surface area contributed by atoms with Crippen molar-refractivity contribution in [1.29, 1.82) is 0 Å². The zero-order valence-corrected chi connectivity index (χ0v) is 9.79. The highest BCUT2D eigenvalue weighted by Gasteiger charge is 2.41. The molecule has 0 saturated carbocycles. The van der Waals surface area contributed by atoms with Gasteiger partial charge in [-0.3, -0.25) is 4.79 Å². The fraction of sp³-hybridized carbons (Fsp3) is 0.778. The summed E-state index contributed by atoms with van der Waals surface area (Å²) < 4.78 is 48.7. The maximum absolute atomic E-state index is 12.5. The number of carbonyl (C=O) groups is 2. The van der Waals surface area contributed by atoms with E-state index < -0.39 is 43.5 Å². The number of rotatable bonds is 6. The summed E-state index contributed by atoms with van der Waals surface area (Å²) in [5, 5.41) is 10.1. The predicted molar refractivity (Wildman–Crippen MR) is 53.8 cm³/mol. The average molecular weight is 274 g/mol. The SMILES string of the molecule is CC(C)N(CC(=O)O)C(=O)NCC(F)(F)C(F)F. The lowest BCUT2D eigenvalue weighted by molar-refractivity contribution is -0.138. The van der Waals surface area contributed by atoms with Gasteiger partial charge >= 0.3 is 24.3 Å². The van der Waals surface area contributed by atoms with Crippen LogP contribution in [0.4, 0.5) is 22.4 Å². The second-order valence-electron chi connectivity index (χ2n) is 3.84. The van der Waals surface area contributed by atoms with E-state index in [1.165, 1.54) is 13.8 Å². The van der Waals surface area contributed by atoms with Crippen molar-refractivity contribution in [3.05, 3.63) is 0 Å². The van der Waals surface area contributed by atoms with Gasteiger partial charge < -0.3 is 15.3 Å². The zero-order chi connectivity index (χ0) is 14.5. The Balaban J connectivity index is 4.49. The quantitative estimate of drug-likeness (QED) is 0.719. The summed E-state index contributed by atoms with van der Waals surface area (Å²) >= 11 is 0. The Morgan fingerprint density at radius 3 is 2.17 bits per heavy atom. The minimum Gasteiger partial charge on any atom is -0.480 e. The molecule has 106 valence electrons. The Labute approximate surface area is 101 Å². The molecule has 0 aromatic carbocycles. The van der Waals surface area contributed by atoms with Crippen LogP contribution in [0.1, 0.15) is 13.8 Å². The molecule has 2 amide bonds. The van der Waals surface area contributed by atoms with Crippen molar-refractivity contribution in [2.45, 2.75) is 32.2 Å². The Kier molecular flexibility index (Phi) is 5.86. The number of carboxylic acid groups (broad SMARTS) is 1. The predicted octanol–water partition coefficient (Wildman–Crippen LogP) is 1.39. The number of halogens is 4. The van der Waals surface area contributed by atoms with Crippen molar-refractivity contribution in [3.63, 3.8) is 0 Å². The molecule has 0 aromatic rings. The third-order valence-electron chi connectivity index (χ3n) is 1.98. The summed E-state index contributed by atoms with van der Waals surface area (Å²) in [5.74, 6) is -5.68. The maximum atomic E-state index is 12.5. The van der Waals surface area contributed by atoms with Crippen LogP contribution in [0.15, 0.2) is 0 Å². The molecule has 0 unspecified atom stereocenters.